The van der Waals surface area contributed by atoms with E-state index in [0.29, 0.717) is 23.1 Å². The molecule has 0 saturated heterocycles. The molecule has 0 unspecified atom stereocenters. The molecular formula is C16H17ClN2O4S. The molecule has 24 heavy (non-hydrogen) atoms. The maximum Gasteiger partial charge on any atom is 0.240 e. The summed E-state index contributed by atoms with van der Waals surface area (Å²) in [5, 5.41) is 0.663. The number of nitrogens with one attached hydrogen (secondary N) is 1. The zero-order chi connectivity index (χ0) is 17.2. The first-order valence-corrected chi connectivity index (χ1v) is 9.18. The van der Waals surface area contributed by atoms with E-state index in [4.69, 9.17) is 21.1 Å². The number of benzene rings is 2. The summed E-state index contributed by atoms with van der Waals surface area (Å²) in [5.41, 5.74) is 0.960. The molecule has 0 atom stereocenters. The molecule has 0 spiro atoms. The SMILES string of the molecule is CN(CCNS(=O)(=O)c1ccc2c(c1)OCO2)c1ccc(Cl)cc1. The predicted octanol–water partition coefficient (Wildman–Crippen LogP) is 2.48. The molecule has 1 aliphatic heterocycles. The number of fused-ring (bicyclic) bond motifs is 1. The van der Waals surface area contributed by atoms with Crippen molar-refractivity contribution in [3.63, 3.8) is 0 Å². The molecule has 1 N–H and O–H groups in total. The van der Waals surface area contributed by atoms with Crippen molar-refractivity contribution in [3.05, 3.63) is 47.5 Å². The smallest absolute Gasteiger partial charge is 0.240 e. The van der Waals surface area contributed by atoms with Gasteiger partial charge in [0.05, 0.1) is 4.90 Å². The number of likely N-dealkylation sites (N-methyl/N-ethyl adjacent to an activating group) is 1. The van der Waals surface area contributed by atoms with Gasteiger partial charge in [-0.25, -0.2) is 13.1 Å². The van der Waals surface area contributed by atoms with Crippen LogP contribution in [0.3, 0.4) is 0 Å². The minimum Gasteiger partial charge on any atom is -0.454 e. The van der Waals surface area contributed by atoms with E-state index >= 15 is 0 Å². The van der Waals surface area contributed by atoms with Crippen molar-refractivity contribution in [1.82, 2.24) is 4.72 Å². The lowest BCUT2D eigenvalue weighted by Gasteiger charge is -2.19. The lowest BCUT2D eigenvalue weighted by molar-refractivity contribution is 0.174. The van der Waals surface area contributed by atoms with Crippen molar-refractivity contribution in [3.8, 4) is 11.5 Å². The Morgan fingerprint density at radius 1 is 1.12 bits per heavy atom. The lowest BCUT2D eigenvalue weighted by atomic mass is 10.3. The molecule has 0 radical (unpaired) electrons. The average Bonchev–Trinajstić information content (AvgIpc) is 3.02. The molecule has 1 aliphatic rings. The van der Waals surface area contributed by atoms with E-state index in [0.717, 1.165) is 5.69 Å². The van der Waals surface area contributed by atoms with Gasteiger partial charge in [0.1, 0.15) is 0 Å². The third-order valence-electron chi connectivity index (χ3n) is 3.66. The summed E-state index contributed by atoms with van der Waals surface area (Å²) in [6.07, 6.45) is 0. The fourth-order valence-electron chi connectivity index (χ4n) is 2.30. The highest BCUT2D eigenvalue weighted by Gasteiger charge is 2.20. The summed E-state index contributed by atoms with van der Waals surface area (Å²) in [6, 6.07) is 11.9. The molecule has 0 aliphatic carbocycles. The highest BCUT2D eigenvalue weighted by molar-refractivity contribution is 7.89. The second-order valence-corrected chi connectivity index (χ2v) is 7.51. The molecule has 0 saturated carbocycles. The average molecular weight is 369 g/mol. The predicted molar refractivity (Wildman–Crippen MR) is 92.5 cm³/mol. The van der Waals surface area contributed by atoms with Crippen LogP contribution in [0.5, 0.6) is 11.5 Å². The van der Waals surface area contributed by atoms with Crippen LogP contribution in [-0.4, -0.2) is 35.3 Å². The maximum absolute atomic E-state index is 12.4. The van der Waals surface area contributed by atoms with E-state index in [2.05, 4.69) is 4.72 Å². The summed E-state index contributed by atoms with van der Waals surface area (Å²) in [5.74, 6) is 0.993. The summed E-state index contributed by atoms with van der Waals surface area (Å²) in [7, 11) is -1.71. The zero-order valence-corrected chi connectivity index (χ0v) is 14.6. The molecule has 2 aromatic rings. The molecule has 0 amide bonds. The van der Waals surface area contributed by atoms with Gasteiger partial charge in [-0.15, -0.1) is 0 Å². The number of nitrogens with zero attached hydrogens (tertiary/aromatic N) is 1. The molecule has 1 heterocycles. The Balaban J connectivity index is 1.60. The van der Waals surface area contributed by atoms with Crippen LogP contribution in [0.2, 0.25) is 5.02 Å². The third-order valence-corrected chi connectivity index (χ3v) is 5.37. The highest BCUT2D eigenvalue weighted by atomic mass is 35.5. The maximum atomic E-state index is 12.4. The molecule has 0 fully saturated rings. The Morgan fingerprint density at radius 2 is 1.83 bits per heavy atom. The van der Waals surface area contributed by atoms with Crippen molar-refractivity contribution in [2.24, 2.45) is 0 Å². The van der Waals surface area contributed by atoms with Gasteiger partial charge in [-0.1, -0.05) is 11.6 Å². The van der Waals surface area contributed by atoms with E-state index in [-0.39, 0.29) is 18.2 Å². The quantitative estimate of drug-likeness (QED) is 0.848. The number of hydrogen-bond donors (Lipinski definition) is 1. The van der Waals surface area contributed by atoms with Crippen LogP contribution in [0.15, 0.2) is 47.4 Å². The monoisotopic (exact) mass is 368 g/mol. The first kappa shape index (κ1) is 16.9. The van der Waals surface area contributed by atoms with E-state index in [1.807, 2.05) is 24.1 Å². The fourth-order valence-corrected chi connectivity index (χ4v) is 3.46. The summed E-state index contributed by atoms with van der Waals surface area (Å²) >= 11 is 5.86. The van der Waals surface area contributed by atoms with Crippen molar-refractivity contribution < 1.29 is 17.9 Å². The molecule has 6 nitrogen and oxygen atoms in total. The van der Waals surface area contributed by atoms with Crippen molar-refractivity contribution in [1.29, 1.82) is 0 Å². The van der Waals surface area contributed by atoms with Crippen LogP contribution in [0.25, 0.3) is 0 Å². The van der Waals surface area contributed by atoms with Gasteiger partial charge in [0.25, 0.3) is 0 Å². The molecule has 0 bridgehead atoms. The number of anilines is 1. The molecule has 8 heteroatoms. The van der Waals surface area contributed by atoms with Crippen LogP contribution in [-0.2, 0) is 10.0 Å². The van der Waals surface area contributed by atoms with Crippen LogP contribution in [0.1, 0.15) is 0 Å². The number of hydrogen-bond acceptors (Lipinski definition) is 5. The standard InChI is InChI=1S/C16H17ClN2O4S/c1-19(13-4-2-12(17)3-5-13)9-8-18-24(20,21)14-6-7-15-16(10-14)23-11-22-15/h2-7,10,18H,8-9,11H2,1H3. The van der Waals surface area contributed by atoms with Gasteiger partial charge in [-0.2, -0.15) is 0 Å². The van der Waals surface area contributed by atoms with E-state index in [9.17, 15) is 8.42 Å². The minimum atomic E-state index is -3.60. The second-order valence-electron chi connectivity index (χ2n) is 5.31. The van der Waals surface area contributed by atoms with Gasteiger partial charge in [0, 0.05) is 36.9 Å². The number of ether oxygens (including phenoxy) is 2. The van der Waals surface area contributed by atoms with Gasteiger partial charge in [0.15, 0.2) is 11.5 Å². The first-order chi connectivity index (χ1) is 11.5. The number of halogens is 1. The molecule has 2 aromatic carbocycles. The van der Waals surface area contributed by atoms with E-state index in [1.165, 1.54) is 12.1 Å². The Labute approximate surface area is 146 Å². The molecule has 0 aromatic heterocycles. The van der Waals surface area contributed by atoms with Crippen LogP contribution >= 0.6 is 11.6 Å². The number of sulfonamides is 1. The van der Waals surface area contributed by atoms with Crippen molar-refractivity contribution in [2.45, 2.75) is 4.90 Å². The van der Waals surface area contributed by atoms with Gasteiger partial charge in [0.2, 0.25) is 16.8 Å². The Morgan fingerprint density at radius 3 is 2.58 bits per heavy atom. The first-order valence-electron chi connectivity index (χ1n) is 7.32. The zero-order valence-electron chi connectivity index (χ0n) is 13.0. The van der Waals surface area contributed by atoms with Crippen LogP contribution in [0.4, 0.5) is 5.69 Å². The summed E-state index contributed by atoms with van der Waals surface area (Å²) in [4.78, 5) is 2.10. The summed E-state index contributed by atoms with van der Waals surface area (Å²) < 4.78 is 37.7. The fraction of sp³-hybridized carbons (Fsp3) is 0.250. The Hall–Kier alpha value is -1.96. The molecular weight excluding hydrogens is 352 g/mol. The summed E-state index contributed by atoms with van der Waals surface area (Å²) in [6.45, 7) is 0.902. The topological polar surface area (TPSA) is 67.9 Å². The van der Waals surface area contributed by atoms with Crippen LogP contribution in [0, 0.1) is 0 Å². The lowest BCUT2D eigenvalue weighted by Crippen LogP contribution is -2.33. The Bertz CT molecular complexity index is 824. The highest BCUT2D eigenvalue weighted by Crippen LogP contribution is 2.33. The Kier molecular flexibility index (Phi) is 4.84. The van der Waals surface area contributed by atoms with Crippen molar-refractivity contribution >= 4 is 27.3 Å². The van der Waals surface area contributed by atoms with E-state index < -0.39 is 10.0 Å². The van der Waals surface area contributed by atoms with Gasteiger partial charge >= 0.3 is 0 Å². The van der Waals surface area contributed by atoms with Crippen molar-refractivity contribution in [2.75, 3.05) is 31.8 Å². The van der Waals surface area contributed by atoms with E-state index in [1.54, 1.807) is 18.2 Å². The van der Waals surface area contributed by atoms with Gasteiger partial charge in [-0.3, -0.25) is 0 Å². The normalized spacial score (nSPS) is 13.1. The van der Waals surface area contributed by atoms with Crippen LogP contribution < -0.4 is 19.1 Å². The third kappa shape index (κ3) is 3.75. The van der Waals surface area contributed by atoms with Gasteiger partial charge in [-0.05, 0) is 36.4 Å². The molecule has 3 rings (SSSR count). The number of rotatable bonds is 6. The largest absolute Gasteiger partial charge is 0.454 e. The van der Waals surface area contributed by atoms with Gasteiger partial charge < -0.3 is 14.4 Å². The minimum absolute atomic E-state index is 0.109. The molecule has 128 valence electrons. The second kappa shape index (κ2) is 6.88.